The van der Waals surface area contributed by atoms with Gasteiger partial charge in [-0.1, -0.05) is 0 Å². The predicted octanol–water partition coefficient (Wildman–Crippen LogP) is 2.42. The van der Waals surface area contributed by atoms with Gasteiger partial charge in [-0.25, -0.2) is 5.43 Å². The van der Waals surface area contributed by atoms with Crippen molar-refractivity contribution in [3.05, 3.63) is 35.4 Å². The Kier molecular flexibility index (Phi) is 4.70. The molecule has 98 valence electrons. The first-order valence-corrected chi connectivity index (χ1v) is 5.06. The molecule has 0 saturated heterocycles. The summed E-state index contributed by atoms with van der Waals surface area (Å²) in [6.45, 7) is 2.14. The van der Waals surface area contributed by atoms with E-state index < -0.39 is 17.6 Å². The monoisotopic (exact) mass is 260 g/mol. The largest absolute Gasteiger partial charge is 0.482 e. The number of benzene rings is 1. The van der Waals surface area contributed by atoms with Crippen molar-refractivity contribution in [3.8, 4) is 0 Å². The molecule has 0 fully saturated rings. The lowest BCUT2D eigenvalue weighted by Gasteiger charge is -2.06. The molecule has 1 amide bonds. The molecular formula is C11H11F3N2O2. The predicted molar refractivity (Wildman–Crippen MR) is 59.0 cm³/mol. The Morgan fingerprint density at radius 2 is 2.00 bits per heavy atom. The van der Waals surface area contributed by atoms with E-state index >= 15 is 0 Å². The highest BCUT2D eigenvalue weighted by Gasteiger charge is 2.30. The minimum atomic E-state index is -4.41. The van der Waals surface area contributed by atoms with Crippen LogP contribution < -0.4 is 5.43 Å². The number of rotatable bonds is 4. The van der Waals surface area contributed by atoms with Gasteiger partial charge in [0.15, 0.2) is 6.40 Å². The van der Waals surface area contributed by atoms with Crippen LogP contribution in [0.3, 0.4) is 0 Å². The third-order valence-corrected chi connectivity index (χ3v) is 1.93. The fraction of sp³-hybridized carbons (Fsp3) is 0.273. The van der Waals surface area contributed by atoms with Gasteiger partial charge < -0.3 is 4.74 Å². The average molecular weight is 260 g/mol. The Morgan fingerprint density at radius 3 is 2.50 bits per heavy atom. The van der Waals surface area contributed by atoms with Crippen LogP contribution in [0.5, 0.6) is 0 Å². The summed E-state index contributed by atoms with van der Waals surface area (Å²) in [6.07, 6.45) is -3.37. The van der Waals surface area contributed by atoms with E-state index in [2.05, 4.69) is 10.5 Å². The molecule has 0 aromatic heterocycles. The van der Waals surface area contributed by atoms with Gasteiger partial charge in [-0.3, -0.25) is 4.79 Å². The second-order valence-electron chi connectivity index (χ2n) is 3.21. The summed E-state index contributed by atoms with van der Waals surface area (Å²) >= 11 is 0. The van der Waals surface area contributed by atoms with Gasteiger partial charge in [0, 0.05) is 5.56 Å². The van der Waals surface area contributed by atoms with Crippen molar-refractivity contribution in [2.24, 2.45) is 5.10 Å². The molecule has 0 bridgehead atoms. The highest BCUT2D eigenvalue weighted by atomic mass is 19.4. The topological polar surface area (TPSA) is 50.7 Å². The average Bonchev–Trinajstić information content (AvgIpc) is 2.33. The van der Waals surface area contributed by atoms with E-state index in [1.54, 1.807) is 6.92 Å². The van der Waals surface area contributed by atoms with Crippen LogP contribution in [0.25, 0.3) is 0 Å². The number of halogens is 3. The van der Waals surface area contributed by atoms with Crippen LogP contribution >= 0.6 is 0 Å². The van der Waals surface area contributed by atoms with Crippen LogP contribution in [-0.4, -0.2) is 18.9 Å². The molecule has 0 spiro atoms. The molecule has 0 atom stereocenters. The Labute approximate surface area is 101 Å². The number of carbonyl (C=O) groups is 1. The minimum absolute atomic E-state index is 0.0802. The van der Waals surface area contributed by atoms with Gasteiger partial charge in [0.25, 0.3) is 5.91 Å². The number of hydrogen-bond donors (Lipinski definition) is 1. The van der Waals surface area contributed by atoms with Crippen molar-refractivity contribution in [1.29, 1.82) is 0 Å². The summed E-state index contributed by atoms with van der Waals surface area (Å²) in [4.78, 5) is 11.4. The van der Waals surface area contributed by atoms with E-state index in [9.17, 15) is 18.0 Å². The van der Waals surface area contributed by atoms with Gasteiger partial charge in [0.05, 0.1) is 12.2 Å². The molecule has 0 aliphatic rings. The van der Waals surface area contributed by atoms with Crippen molar-refractivity contribution in [1.82, 2.24) is 5.43 Å². The lowest BCUT2D eigenvalue weighted by molar-refractivity contribution is -0.137. The minimum Gasteiger partial charge on any atom is -0.482 e. The molecule has 0 heterocycles. The highest BCUT2D eigenvalue weighted by molar-refractivity contribution is 5.94. The SMILES string of the molecule is CCO/C=N/NC(=O)c1ccc(C(F)(F)F)cc1. The van der Waals surface area contributed by atoms with Crippen LogP contribution in [0.15, 0.2) is 29.4 Å². The van der Waals surface area contributed by atoms with Crippen LogP contribution in [0.2, 0.25) is 0 Å². The van der Waals surface area contributed by atoms with E-state index in [4.69, 9.17) is 4.74 Å². The van der Waals surface area contributed by atoms with Gasteiger partial charge in [0.1, 0.15) is 0 Å². The Bertz CT molecular complexity index is 427. The molecular weight excluding hydrogens is 249 g/mol. The quantitative estimate of drug-likeness (QED) is 0.513. The molecule has 0 unspecified atom stereocenters. The Hall–Kier alpha value is -2.05. The molecule has 4 nitrogen and oxygen atoms in total. The number of alkyl halides is 3. The maximum Gasteiger partial charge on any atom is 0.416 e. The lowest BCUT2D eigenvalue weighted by Crippen LogP contribution is -2.18. The first-order chi connectivity index (χ1) is 8.45. The normalized spacial score (nSPS) is 11.6. The maximum absolute atomic E-state index is 12.3. The zero-order valence-corrected chi connectivity index (χ0v) is 9.49. The summed E-state index contributed by atoms with van der Waals surface area (Å²) in [5, 5.41) is 3.44. The molecule has 1 aromatic carbocycles. The molecule has 18 heavy (non-hydrogen) atoms. The van der Waals surface area contributed by atoms with Gasteiger partial charge >= 0.3 is 6.18 Å². The van der Waals surface area contributed by atoms with Gasteiger partial charge in [-0.05, 0) is 31.2 Å². The second kappa shape index (κ2) is 6.04. The lowest BCUT2D eigenvalue weighted by atomic mass is 10.1. The molecule has 0 saturated carbocycles. The van der Waals surface area contributed by atoms with E-state index in [-0.39, 0.29) is 5.56 Å². The van der Waals surface area contributed by atoms with Gasteiger partial charge in [-0.2, -0.15) is 13.2 Å². The second-order valence-corrected chi connectivity index (χ2v) is 3.21. The number of amides is 1. The van der Waals surface area contributed by atoms with Crippen LogP contribution in [0.4, 0.5) is 13.2 Å². The van der Waals surface area contributed by atoms with Crippen molar-refractivity contribution >= 4 is 12.3 Å². The summed E-state index contributed by atoms with van der Waals surface area (Å²) in [7, 11) is 0. The molecule has 0 aliphatic carbocycles. The summed E-state index contributed by atoms with van der Waals surface area (Å²) in [6, 6.07) is 3.82. The molecule has 1 aromatic rings. The number of nitrogens with one attached hydrogen (secondary N) is 1. The molecule has 1 N–H and O–H groups in total. The number of carbonyl (C=O) groups excluding carboxylic acids is 1. The number of hydrazone groups is 1. The molecule has 0 radical (unpaired) electrons. The van der Waals surface area contributed by atoms with Crippen molar-refractivity contribution in [3.63, 3.8) is 0 Å². The fourth-order valence-corrected chi connectivity index (χ4v) is 1.07. The van der Waals surface area contributed by atoms with Crippen LogP contribution in [0.1, 0.15) is 22.8 Å². The maximum atomic E-state index is 12.3. The third-order valence-electron chi connectivity index (χ3n) is 1.93. The standard InChI is InChI=1S/C11H11F3N2O2/c1-2-18-7-15-16-10(17)8-3-5-9(6-4-8)11(12,13)14/h3-7H,2H2,1H3,(H,16,17)/b15-7+. The summed E-state index contributed by atoms with van der Waals surface area (Å²) in [5.41, 5.74) is 1.39. The van der Waals surface area contributed by atoms with Crippen LogP contribution in [0, 0.1) is 0 Å². The van der Waals surface area contributed by atoms with Crippen LogP contribution in [-0.2, 0) is 10.9 Å². The summed E-state index contributed by atoms with van der Waals surface area (Å²) in [5.74, 6) is -0.611. The highest BCUT2D eigenvalue weighted by Crippen LogP contribution is 2.28. The zero-order valence-electron chi connectivity index (χ0n) is 9.49. The Balaban J connectivity index is 2.65. The molecule has 7 heteroatoms. The van der Waals surface area contributed by atoms with E-state index in [1.165, 1.54) is 0 Å². The smallest absolute Gasteiger partial charge is 0.416 e. The first kappa shape index (κ1) is 14.0. The number of nitrogens with zero attached hydrogens (tertiary/aromatic N) is 1. The molecule has 0 aliphatic heterocycles. The van der Waals surface area contributed by atoms with E-state index in [1.807, 2.05) is 0 Å². The van der Waals surface area contributed by atoms with Crippen molar-refractivity contribution in [2.75, 3.05) is 6.61 Å². The van der Waals surface area contributed by atoms with Gasteiger partial charge in [0.2, 0.25) is 0 Å². The fourth-order valence-electron chi connectivity index (χ4n) is 1.07. The number of hydrogen-bond acceptors (Lipinski definition) is 3. The third kappa shape index (κ3) is 4.08. The van der Waals surface area contributed by atoms with E-state index in [0.29, 0.717) is 6.61 Å². The zero-order chi connectivity index (χ0) is 13.6. The first-order valence-electron chi connectivity index (χ1n) is 5.06. The summed E-state index contributed by atoms with van der Waals surface area (Å²) < 4.78 is 41.5. The number of ether oxygens (including phenoxy) is 1. The van der Waals surface area contributed by atoms with Gasteiger partial charge in [-0.15, -0.1) is 5.10 Å². The van der Waals surface area contributed by atoms with E-state index in [0.717, 1.165) is 30.7 Å². The Morgan fingerprint density at radius 1 is 1.39 bits per heavy atom. The van der Waals surface area contributed by atoms with Crippen molar-refractivity contribution in [2.45, 2.75) is 13.1 Å². The van der Waals surface area contributed by atoms with Crippen molar-refractivity contribution < 1.29 is 22.7 Å². The molecule has 1 rings (SSSR count).